The van der Waals surface area contributed by atoms with Gasteiger partial charge in [0.25, 0.3) is 0 Å². The summed E-state index contributed by atoms with van der Waals surface area (Å²) in [7, 11) is 1.29. The molecule has 0 saturated carbocycles. The first-order valence-corrected chi connectivity index (χ1v) is 8.28. The first-order chi connectivity index (χ1) is 13.0. The van der Waals surface area contributed by atoms with Crippen LogP contribution in [-0.4, -0.2) is 37.6 Å². The van der Waals surface area contributed by atoms with Crippen LogP contribution in [0.4, 0.5) is 20.6 Å². The van der Waals surface area contributed by atoms with Gasteiger partial charge in [-0.3, -0.25) is 4.79 Å². The molecular weight excluding hydrogens is 353 g/mol. The number of nitrogens with zero attached hydrogens (tertiary/aromatic N) is 1. The molecule has 0 spiro atoms. The Hall–Kier alpha value is -3.42. The zero-order valence-corrected chi connectivity index (χ0v) is 14.6. The summed E-state index contributed by atoms with van der Waals surface area (Å²) >= 11 is 0. The van der Waals surface area contributed by atoms with Crippen LogP contribution in [0.2, 0.25) is 0 Å². The maximum absolute atomic E-state index is 13.0. The summed E-state index contributed by atoms with van der Waals surface area (Å²) in [6, 6.07) is 11.0. The van der Waals surface area contributed by atoms with Gasteiger partial charge in [0.15, 0.2) is 0 Å². The summed E-state index contributed by atoms with van der Waals surface area (Å²) in [6.07, 6.45) is 0.159. The standard InChI is InChI=1S/C19H18FN3O4/c1-27-18(25)12-2-6-14(7-3-12)21-19(26)22-15-10-17(24)23(11-15)16-8-4-13(20)5-9-16/h2-9,15H,10-11H2,1H3,(H2,21,22,26)/t15-/m0/s1. The monoisotopic (exact) mass is 371 g/mol. The van der Waals surface area contributed by atoms with Gasteiger partial charge >= 0.3 is 12.0 Å². The molecule has 0 aromatic heterocycles. The predicted octanol–water partition coefficient (Wildman–Crippen LogP) is 2.54. The van der Waals surface area contributed by atoms with E-state index in [-0.39, 0.29) is 24.2 Å². The average Bonchev–Trinajstić information content (AvgIpc) is 3.02. The lowest BCUT2D eigenvalue weighted by molar-refractivity contribution is -0.117. The first kappa shape index (κ1) is 18.4. The number of halogens is 1. The number of hydrogen-bond donors (Lipinski definition) is 2. The summed E-state index contributed by atoms with van der Waals surface area (Å²) in [4.78, 5) is 37.2. The fraction of sp³-hybridized carbons (Fsp3) is 0.211. The number of esters is 1. The highest BCUT2D eigenvalue weighted by molar-refractivity contribution is 5.97. The second-order valence-corrected chi connectivity index (χ2v) is 6.05. The summed E-state index contributed by atoms with van der Waals surface area (Å²) in [6.45, 7) is 0.305. The molecule has 1 heterocycles. The minimum absolute atomic E-state index is 0.144. The van der Waals surface area contributed by atoms with Crippen LogP contribution in [0.25, 0.3) is 0 Å². The van der Waals surface area contributed by atoms with Gasteiger partial charge in [-0.1, -0.05) is 0 Å². The Kier molecular flexibility index (Phi) is 5.35. The number of amides is 3. The molecule has 3 amide bonds. The molecule has 1 atom stereocenters. The zero-order valence-electron chi connectivity index (χ0n) is 14.6. The molecule has 2 N–H and O–H groups in total. The molecule has 2 aromatic carbocycles. The van der Waals surface area contributed by atoms with Gasteiger partial charge in [-0.05, 0) is 48.5 Å². The Morgan fingerprint density at radius 3 is 2.41 bits per heavy atom. The van der Waals surface area contributed by atoms with Crippen LogP contribution in [0, 0.1) is 5.82 Å². The van der Waals surface area contributed by atoms with Gasteiger partial charge in [-0.15, -0.1) is 0 Å². The third kappa shape index (κ3) is 4.41. The normalized spacial score (nSPS) is 16.1. The molecule has 1 aliphatic heterocycles. The lowest BCUT2D eigenvalue weighted by atomic mass is 10.2. The van der Waals surface area contributed by atoms with E-state index in [1.54, 1.807) is 12.1 Å². The summed E-state index contributed by atoms with van der Waals surface area (Å²) in [5.74, 6) is -0.983. The van der Waals surface area contributed by atoms with Crippen molar-refractivity contribution in [3.05, 3.63) is 59.9 Å². The fourth-order valence-corrected chi connectivity index (χ4v) is 2.83. The van der Waals surface area contributed by atoms with Gasteiger partial charge in [0, 0.05) is 24.3 Å². The Bertz CT molecular complexity index is 852. The highest BCUT2D eigenvalue weighted by Crippen LogP contribution is 2.22. The molecule has 1 saturated heterocycles. The van der Waals surface area contributed by atoms with Crippen LogP contribution in [0.15, 0.2) is 48.5 Å². The lowest BCUT2D eigenvalue weighted by Crippen LogP contribution is -2.39. The van der Waals surface area contributed by atoms with Gasteiger partial charge in [0.1, 0.15) is 5.82 Å². The molecule has 0 bridgehead atoms. The minimum atomic E-state index is -0.462. The van der Waals surface area contributed by atoms with Crippen LogP contribution in [0.1, 0.15) is 16.8 Å². The largest absolute Gasteiger partial charge is 0.465 e. The van der Waals surface area contributed by atoms with Crippen molar-refractivity contribution in [2.24, 2.45) is 0 Å². The summed E-state index contributed by atoms with van der Waals surface area (Å²) in [5.41, 5.74) is 1.46. The number of carbonyl (C=O) groups excluding carboxylic acids is 3. The molecule has 1 fully saturated rings. The number of carbonyl (C=O) groups is 3. The molecule has 1 aliphatic rings. The minimum Gasteiger partial charge on any atom is -0.465 e. The van der Waals surface area contributed by atoms with E-state index >= 15 is 0 Å². The van der Waals surface area contributed by atoms with Gasteiger partial charge in [0.2, 0.25) is 5.91 Å². The van der Waals surface area contributed by atoms with Crippen LogP contribution in [-0.2, 0) is 9.53 Å². The quantitative estimate of drug-likeness (QED) is 0.809. The van der Waals surface area contributed by atoms with Crippen molar-refractivity contribution in [1.82, 2.24) is 5.32 Å². The Morgan fingerprint density at radius 1 is 1.11 bits per heavy atom. The highest BCUT2D eigenvalue weighted by atomic mass is 19.1. The van der Waals surface area contributed by atoms with Crippen molar-refractivity contribution in [2.45, 2.75) is 12.5 Å². The second-order valence-electron chi connectivity index (χ2n) is 6.05. The van der Waals surface area contributed by atoms with Gasteiger partial charge < -0.3 is 20.3 Å². The van der Waals surface area contributed by atoms with Crippen molar-refractivity contribution in [3.8, 4) is 0 Å². The second kappa shape index (κ2) is 7.86. The zero-order chi connectivity index (χ0) is 19.4. The molecule has 0 aliphatic carbocycles. The number of urea groups is 1. The third-order valence-corrected chi connectivity index (χ3v) is 4.16. The Balaban J connectivity index is 1.56. The van der Waals surface area contributed by atoms with E-state index in [4.69, 9.17) is 0 Å². The van der Waals surface area contributed by atoms with E-state index in [2.05, 4.69) is 15.4 Å². The molecular formula is C19H18FN3O4. The number of anilines is 2. The summed E-state index contributed by atoms with van der Waals surface area (Å²) in [5, 5.41) is 5.39. The SMILES string of the molecule is COC(=O)c1ccc(NC(=O)N[C@H]2CC(=O)N(c3ccc(F)cc3)C2)cc1. The maximum Gasteiger partial charge on any atom is 0.337 e. The van der Waals surface area contributed by atoms with Crippen molar-refractivity contribution in [1.29, 1.82) is 0 Å². The van der Waals surface area contributed by atoms with Gasteiger partial charge in [-0.2, -0.15) is 0 Å². The van der Waals surface area contributed by atoms with Gasteiger partial charge in [0.05, 0.1) is 18.7 Å². The maximum atomic E-state index is 13.0. The van der Waals surface area contributed by atoms with Crippen LogP contribution < -0.4 is 15.5 Å². The molecule has 2 aromatic rings. The molecule has 0 unspecified atom stereocenters. The predicted molar refractivity (Wildman–Crippen MR) is 97.1 cm³/mol. The van der Waals surface area contributed by atoms with Crippen LogP contribution >= 0.6 is 0 Å². The number of rotatable bonds is 4. The van der Waals surface area contributed by atoms with Crippen LogP contribution in [0.5, 0.6) is 0 Å². The molecule has 7 nitrogen and oxygen atoms in total. The van der Waals surface area contributed by atoms with E-state index in [1.165, 1.54) is 48.4 Å². The molecule has 27 heavy (non-hydrogen) atoms. The van der Waals surface area contributed by atoms with Crippen molar-refractivity contribution >= 4 is 29.3 Å². The van der Waals surface area contributed by atoms with E-state index in [0.29, 0.717) is 23.5 Å². The highest BCUT2D eigenvalue weighted by Gasteiger charge is 2.31. The topological polar surface area (TPSA) is 87.7 Å². The van der Waals surface area contributed by atoms with E-state index < -0.39 is 12.0 Å². The lowest BCUT2D eigenvalue weighted by Gasteiger charge is -2.17. The Labute approximate surface area is 155 Å². The van der Waals surface area contributed by atoms with Gasteiger partial charge in [-0.25, -0.2) is 14.0 Å². The van der Waals surface area contributed by atoms with E-state index in [0.717, 1.165) is 0 Å². The fourth-order valence-electron chi connectivity index (χ4n) is 2.83. The number of ether oxygens (including phenoxy) is 1. The molecule has 0 radical (unpaired) electrons. The molecule has 8 heteroatoms. The summed E-state index contributed by atoms with van der Waals surface area (Å²) < 4.78 is 17.6. The number of hydrogen-bond acceptors (Lipinski definition) is 4. The Morgan fingerprint density at radius 2 is 1.78 bits per heavy atom. The van der Waals surface area contributed by atoms with E-state index in [9.17, 15) is 18.8 Å². The molecule has 140 valence electrons. The van der Waals surface area contributed by atoms with Crippen molar-refractivity contribution in [3.63, 3.8) is 0 Å². The number of benzene rings is 2. The third-order valence-electron chi connectivity index (χ3n) is 4.16. The van der Waals surface area contributed by atoms with E-state index in [1.807, 2.05) is 0 Å². The smallest absolute Gasteiger partial charge is 0.337 e. The number of nitrogens with one attached hydrogen (secondary N) is 2. The average molecular weight is 371 g/mol. The number of methoxy groups -OCH3 is 1. The molecule has 3 rings (SSSR count). The first-order valence-electron chi connectivity index (χ1n) is 8.28. The van der Waals surface area contributed by atoms with Crippen molar-refractivity contribution < 1.29 is 23.5 Å². The van der Waals surface area contributed by atoms with Crippen molar-refractivity contribution in [2.75, 3.05) is 23.9 Å². The van der Waals surface area contributed by atoms with Crippen LogP contribution in [0.3, 0.4) is 0 Å².